The second kappa shape index (κ2) is 14.0. The Morgan fingerprint density at radius 2 is 0.762 bits per heavy atom. The Morgan fingerprint density at radius 1 is 0.254 bits per heavy atom. The molecule has 0 bridgehead atoms. The summed E-state index contributed by atoms with van der Waals surface area (Å²) in [5.74, 6) is 1.66. The van der Waals surface area contributed by atoms with Crippen LogP contribution in [0.3, 0.4) is 0 Å². The first-order chi connectivity index (χ1) is 31.2. The van der Waals surface area contributed by atoms with Crippen LogP contribution in [0, 0.1) is 0 Å². The molecule has 0 amide bonds. The molecule has 0 aliphatic carbocycles. The Hall–Kier alpha value is -8.61. The third-order valence-electron chi connectivity index (χ3n) is 12.2. The van der Waals surface area contributed by atoms with Gasteiger partial charge in [0.15, 0.2) is 17.5 Å². The molecule has 0 N–H and O–H groups in total. The summed E-state index contributed by atoms with van der Waals surface area (Å²) in [7, 11) is 0. The number of benzene rings is 9. The van der Waals surface area contributed by atoms with Crippen LogP contribution >= 0.6 is 0 Å². The van der Waals surface area contributed by atoms with Crippen molar-refractivity contribution < 1.29 is 13.3 Å². The highest BCUT2D eigenvalue weighted by Crippen LogP contribution is 2.45. The molecular formula is C57H33N3O3. The van der Waals surface area contributed by atoms with E-state index in [-0.39, 0.29) is 0 Å². The van der Waals surface area contributed by atoms with Gasteiger partial charge in [-0.2, -0.15) is 0 Å². The van der Waals surface area contributed by atoms with E-state index < -0.39 is 0 Å². The molecule has 13 aromatic rings. The van der Waals surface area contributed by atoms with Gasteiger partial charge >= 0.3 is 0 Å². The van der Waals surface area contributed by atoms with Gasteiger partial charge in [0, 0.05) is 54.6 Å². The maximum absolute atomic E-state index is 6.70. The number of para-hydroxylation sites is 3. The van der Waals surface area contributed by atoms with E-state index in [1.54, 1.807) is 0 Å². The first-order valence-electron chi connectivity index (χ1n) is 21.0. The zero-order valence-electron chi connectivity index (χ0n) is 33.6. The van der Waals surface area contributed by atoms with Crippen molar-refractivity contribution in [1.29, 1.82) is 0 Å². The zero-order chi connectivity index (χ0) is 41.4. The highest BCUT2D eigenvalue weighted by molar-refractivity contribution is 6.16. The molecule has 0 fully saturated rings. The molecule has 0 unspecified atom stereocenters. The molecule has 0 aliphatic heterocycles. The number of hydrogen-bond donors (Lipinski definition) is 0. The largest absolute Gasteiger partial charge is 0.456 e. The standard InChI is InChI=1S/C57H33N3O3/c1-3-15-34(16-4-1)46-31-37(33-51-53(46)44-22-10-12-27-48(44)61-51)57-59-55(35-17-5-2-6-18-35)58-56(60-57)36-29-30-45-50(32-36)62-49-28-14-23-41(52(45)49)38-19-7-8-20-39(38)42-24-13-25-43-40-21-9-11-26-47(40)63-54(42)43/h1-33H. The lowest BCUT2D eigenvalue weighted by molar-refractivity contribution is 0.669. The van der Waals surface area contributed by atoms with Gasteiger partial charge < -0.3 is 13.3 Å². The van der Waals surface area contributed by atoms with Gasteiger partial charge in [-0.05, 0) is 70.3 Å². The van der Waals surface area contributed by atoms with Crippen molar-refractivity contribution in [3.05, 3.63) is 200 Å². The predicted octanol–water partition coefficient (Wildman–Crippen LogP) is 15.6. The topological polar surface area (TPSA) is 78.1 Å². The fourth-order valence-electron chi connectivity index (χ4n) is 9.28. The van der Waals surface area contributed by atoms with Crippen molar-refractivity contribution in [2.24, 2.45) is 0 Å². The third-order valence-corrected chi connectivity index (χ3v) is 12.2. The molecular weight excluding hydrogens is 775 g/mol. The minimum absolute atomic E-state index is 0.539. The first-order valence-corrected chi connectivity index (χ1v) is 21.0. The van der Waals surface area contributed by atoms with Gasteiger partial charge in [-0.1, -0.05) is 158 Å². The Morgan fingerprint density at radius 3 is 1.56 bits per heavy atom. The lowest BCUT2D eigenvalue weighted by atomic mass is 9.91. The van der Waals surface area contributed by atoms with Crippen LogP contribution in [0.1, 0.15) is 0 Å². The fraction of sp³-hybridized carbons (Fsp3) is 0. The van der Waals surface area contributed by atoms with E-state index in [0.29, 0.717) is 17.5 Å². The monoisotopic (exact) mass is 807 g/mol. The zero-order valence-corrected chi connectivity index (χ0v) is 33.6. The number of hydrogen-bond acceptors (Lipinski definition) is 6. The van der Waals surface area contributed by atoms with Crippen LogP contribution in [0.4, 0.5) is 0 Å². The normalized spacial score (nSPS) is 11.8. The van der Waals surface area contributed by atoms with Gasteiger partial charge in [0.2, 0.25) is 0 Å². The van der Waals surface area contributed by atoms with Crippen molar-refractivity contribution in [3.8, 4) is 67.5 Å². The smallest absolute Gasteiger partial charge is 0.164 e. The van der Waals surface area contributed by atoms with E-state index in [0.717, 1.165) is 116 Å². The molecule has 13 rings (SSSR count). The Labute approximate surface area is 360 Å². The highest BCUT2D eigenvalue weighted by Gasteiger charge is 2.22. The van der Waals surface area contributed by atoms with E-state index in [9.17, 15) is 0 Å². The molecule has 294 valence electrons. The molecule has 6 nitrogen and oxygen atoms in total. The summed E-state index contributed by atoms with van der Waals surface area (Å²) in [5.41, 5.74) is 13.8. The summed E-state index contributed by atoms with van der Waals surface area (Å²) >= 11 is 0. The van der Waals surface area contributed by atoms with Crippen molar-refractivity contribution >= 4 is 65.8 Å². The second-order valence-corrected chi connectivity index (χ2v) is 15.9. The molecule has 0 radical (unpaired) electrons. The second-order valence-electron chi connectivity index (χ2n) is 15.9. The first kappa shape index (κ1) is 35.2. The summed E-state index contributed by atoms with van der Waals surface area (Å²) in [4.78, 5) is 15.4. The van der Waals surface area contributed by atoms with E-state index >= 15 is 0 Å². The lowest BCUT2D eigenvalue weighted by Crippen LogP contribution is -2.00. The predicted molar refractivity (Wildman–Crippen MR) is 254 cm³/mol. The van der Waals surface area contributed by atoms with Crippen LogP contribution in [-0.2, 0) is 0 Å². The van der Waals surface area contributed by atoms with Gasteiger partial charge in [-0.25, -0.2) is 15.0 Å². The number of furan rings is 3. The quantitative estimate of drug-likeness (QED) is 0.166. The molecule has 9 aromatic carbocycles. The van der Waals surface area contributed by atoms with Gasteiger partial charge in [-0.3, -0.25) is 0 Å². The number of rotatable bonds is 6. The molecule has 0 saturated heterocycles. The average Bonchev–Trinajstić information content (AvgIpc) is 4.05. The molecule has 0 spiro atoms. The molecule has 0 saturated carbocycles. The minimum atomic E-state index is 0.539. The van der Waals surface area contributed by atoms with Crippen LogP contribution in [0.5, 0.6) is 0 Å². The van der Waals surface area contributed by atoms with Crippen LogP contribution < -0.4 is 0 Å². The summed E-state index contributed by atoms with van der Waals surface area (Å²) in [6.45, 7) is 0. The van der Waals surface area contributed by atoms with Crippen LogP contribution in [-0.4, -0.2) is 15.0 Å². The van der Waals surface area contributed by atoms with E-state index in [4.69, 9.17) is 28.2 Å². The Bertz CT molecular complexity index is 3920. The molecule has 63 heavy (non-hydrogen) atoms. The van der Waals surface area contributed by atoms with Crippen molar-refractivity contribution in [1.82, 2.24) is 15.0 Å². The summed E-state index contributed by atoms with van der Waals surface area (Å²) < 4.78 is 19.7. The number of aromatic nitrogens is 3. The van der Waals surface area contributed by atoms with Crippen LogP contribution in [0.2, 0.25) is 0 Å². The van der Waals surface area contributed by atoms with E-state index in [1.807, 2.05) is 84.9 Å². The number of fused-ring (bicyclic) bond motifs is 9. The summed E-state index contributed by atoms with van der Waals surface area (Å²) in [6.07, 6.45) is 0. The van der Waals surface area contributed by atoms with Crippen molar-refractivity contribution in [3.63, 3.8) is 0 Å². The van der Waals surface area contributed by atoms with Crippen LogP contribution in [0.15, 0.2) is 213 Å². The Kier molecular flexibility index (Phi) is 7.80. The highest BCUT2D eigenvalue weighted by atomic mass is 16.3. The van der Waals surface area contributed by atoms with Gasteiger partial charge in [0.1, 0.15) is 33.5 Å². The summed E-state index contributed by atoms with van der Waals surface area (Å²) in [6, 6.07) is 68.5. The maximum Gasteiger partial charge on any atom is 0.164 e. The molecule has 6 heteroatoms. The van der Waals surface area contributed by atoms with Gasteiger partial charge in [0.05, 0.1) is 0 Å². The minimum Gasteiger partial charge on any atom is -0.456 e. The molecule has 4 heterocycles. The van der Waals surface area contributed by atoms with Crippen molar-refractivity contribution in [2.45, 2.75) is 0 Å². The molecule has 0 atom stereocenters. The lowest BCUT2D eigenvalue weighted by Gasteiger charge is -2.12. The van der Waals surface area contributed by atoms with Crippen LogP contribution in [0.25, 0.3) is 133 Å². The van der Waals surface area contributed by atoms with E-state index in [1.165, 1.54) is 0 Å². The fourth-order valence-corrected chi connectivity index (χ4v) is 9.28. The summed E-state index contributed by atoms with van der Waals surface area (Å²) in [5, 5.41) is 6.37. The number of nitrogens with zero attached hydrogens (tertiary/aromatic N) is 3. The average molecular weight is 808 g/mol. The Balaban J connectivity index is 0.976. The van der Waals surface area contributed by atoms with E-state index in [2.05, 4.69) is 115 Å². The van der Waals surface area contributed by atoms with Crippen molar-refractivity contribution in [2.75, 3.05) is 0 Å². The molecule has 4 aromatic heterocycles. The van der Waals surface area contributed by atoms with Gasteiger partial charge in [0.25, 0.3) is 0 Å². The third kappa shape index (κ3) is 5.69. The van der Waals surface area contributed by atoms with Gasteiger partial charge in [-0.15, -0.1) is 0 Å². The molecule has 0 aliphatic rings. The SMILES string of the molecule is c1ccc(-c2nc(-c3ccc4c(c3)oc3cccc(-c5ccccc5-c5cccc6c5oc5ccccc56)c34)nc(-c3cc(-c4ccccc4)c4c(c3)oc3ccccc34)n2)cc1. The maximum atomic E-state index is 6.70.